The van der Waals surface area contributed by atoms with E-state index >= 15 is 0 Å². The maximum absolute atomic E-state index is 13.1. The monoisotopic (exact) mass is 425 g/mol. The molecule has 31 heavy (non-hydrogen) atoms. The summed E-state index contributed by atoms with van der Waals surface area (Å²) < 4.78 is 0. The zero-order chi connectivity index (χ0) is 20.8. The van der Waals surface area contributed by atoms with Crippen molar-refractivity contribution in [1.29, 1.82) is 0 Å². The van der Waals surface area contributed by atoms with Crippen LogP contribution in [0.5, 0.6) is 0 Å². The highest BCUT2D eigenvalue weighted by Crippen LogP contribution is 2.41. The number of nitrogens with zero attached hydrogens (tertiary/aromatic N) is 1. The van der Waals surface area contributed by atoms with E-state index in [4.69, 9.17) is 0 Å². The predicted octanol–water partition coefficient (Wildman–Crippen LogP) is 5.31. The summed E-state index contributed by atoms with van der Waals surface area (Å²) in [6.07, 6.45) is 0.717. The minimum atomic E-state index is -0.204. The number of nitrogens with one attached hydrogen (secondary N) is 2. The van der Waals surface area contributed by atoms with Gasteiger partial charge in [-0.1, -0.05) is 66.7 Å². The average Bonchev–Trinajstić information content (AvgIpc) is 3.17. The van der Waals surface area contributed by atoms with Crippen molar-refractivity contribution < 1.29 is 4.79 Å². The second kappa shape index (κ2) is 7.52. The zero-order valence-electron chi connectivity index (χ0n) is 17.1. The van der Waals surface area contributed by atoms with E-state index in [0.29, 0.717) is 0 Å². The number of benzene rings is 3. The standard InChI is InChI=1S/C26H23N3OS/c30-25-23-21-12-13-29(15-17-6-2-1-3-7-17)16-22(21)31-26(23)28-24(27-25)20-11-10-18-8-4-5-9-19(18)14-20/h1-11,14,24,28H,12-13,15-16H2,(H,27,30)/t24-/m0/s1. The molecule has 4 aromatic rings. The first-order valence-electron chi connectivity index (χ1n) is 10.7. The topological polar surface area (TPSA) is 44.4 Å². The third-order valence-electron chi connectivity index (χ3n) is 6.27. The minimum absolute atomic E-state index is 0.0425. The van der Waals surface area contributed by atoms with Crippen LogP contribution in [0.15, 0.2) is 72.8 Å². The van der Waals surface area contributed by atoms with E-state index in [-0.39, 0.29) is 12.1 Å². The van der Waals surface area contributed by atoms with Gasteiger partial charge < -0.3 is 10.6 Å². The molecule has 0 fully saturated rings. The van der Waals surface area contributed by atoms with Gasteiger partial charge in [0.1, 0.15) is 11.2 Å². The molecule has 0 spiro atoms. The SMILES string of the molecule is O=C1N[C@H](c2ccc3ccccc3c2)Nc2sc3c(c21)CCN(Cc1ccccc1)C3. The number of thiophene rings is 1. The summed E-state index contributed by atoms with van der Waals surface area (Å²) in [5.74, 6) is 0.0425. The third-order valence-corrected chi connectivity index (χ3v) is 7.42. The van der Waals surface area contributed by atoms with Crippen molar-refractivity contribution in [3.05, 3.63) is 99.9 Å². The van der Waals surface area contributed by atoms with Crippen LogP contribution in [0, 0.1) is 0 Å². The molecule has 154 valence electrons. The van der Waals surface area contributed by atoms with Crippen molar-refractivity contribution in [2.45, 2.75) is 25.7 Å². The molecule has 1 aromatic heterocycles. The Balaban J connectivity index is 1.26. The van der Waals surface area contributed by atoms with Gasteiger partial charge >= 0.3 is 0 Å². The van der Waals surface area contributed by atoms with Gasteiger partial charge in [-0.25, -0.2) is 0 Å². The van der Waals surface area contributed by atoms with Crippen LogP contribution < -0.4 is 10.6 Å². The summed E-state index contributed by atoms with van der Waals surface area (Å²) in [7, 11) is 0. The normalized spacial score (nSPS) is 18.2. The van der Waals surface area contributed by atoms with Crippen LogP contribution in [0.1, 0.15) is 38.1 Å². The van der Waals surface area contributed by atoms with Crippen LogP contribution in [-0.2, 0) is 19.5 Å². The van der Waals surface area contributed by atoms with Crippen LogP contribution >= 0.6 is 11.3 Å². The molecule has 1 amide bonds. The second-order valence-corrected chi connectivity index (χ2v) is 9.42. The molecule has 2 N–H and O–H groups in total. The van der Waals surface area contributed by atoms with Crippen molar-refractivity contribution in [1.82, 2.24) is 10.2 Å². The van der Waals surface area contributed by atoms with E-state index in [9.17, 15) is 4.79 Å². The number of rotatable bonds is 3. The Hall–Kier alpha value is -3.15. The summed E-state index contributed by atoms with van der Waals surface area (Å²) in [5, 5.41) is 10.2. The fourth-order valence-corrected chi connectivity index (χ4v) is 6.01. The molecule has 2 aliphatic rings. The third kappa shape index (κ3) is 3.40. The van der Waals surface area contributed by atoms with E-state index in [1.807, 2.05) is 12.1 Å². The van der Waals surface area contributed by atoms with E-state index < -0.39 is 0 Å². The van der Waals surface area contributed by atoms with Crippen molar-refractivity contribution in [2.75, 3.05) is 11.9 Å². The Bertz CT molecular complexity index is 1280. The molecule has 6 rings (SSSR count). The number of carbonyl (C=O) groups excluding carboxylic acids is 1. The van der Waals surface area contributed by atoms with Crippen LogP contribution in [0.4, 0.5) is 5.00 Å². The Morgan fingerprint density at radius 2 is 1.74 bits per heavy atom. The lowest BCUT2D eigenvalue weighted by Crippen LogP contribution is -2.38. The lowest BCUT2D eigenvalue weighted by molar-refractivity contribution is 0.0934. The fraction of sp³-hybridized carbons (Fsp3) is 0.192. The fourth-order valence-electron chi connectivity index (χ4n) is 4.70. The van der Waals surface area contributed by atoms with Gasteiger partial charge in [0.15, 0.2) is 0 Å². The van der Waals surface area contributed by atoms with Gasteiger partial charge in [0, 0.05) is 24.5 Å². The van der Waals surface area contributed by atoms with E-state index in [0.717, 1.165) is 42.2 Å². The van der Waals surface area contributed by atoms with Gasteiger partial charge in [0.25, 0.3) is 5.91 Å². The molecule has 2 aliphatic heterocycles. The van der Waals surface area contributed by atoms with Crippen LogP contribution in [0.25, 0.3) is 10.8 Å². The predicted molar refractivity (Wildman–Crippen MR) is 126 cm³/mol. The molecule has 0 saturated carbocycles. The van der Waals surface area contributed by atoms with Crippen molar-refractivity contribution >= 4 is 33.0 Å². The lowest BCUT2D eigenvalue weighted by atomic mass is 9.99. The highest BCUT2D eigenvalue weighted by Gasteiger charge is 2.33. The van der Waals surface area contributed by atoms with Crippen LogP contribution in [0.3, 0.4) is 0 Å². The largest absolute Gasteiger partial charge is 0.353 e. The highest BCUT2D eigenvalue weighted by molar-refractivity contribution is 7.16. The number of anilines is 1. The van der Waals surface area contributed by atoms with Crippen LogP contribution in [-0.4, -0.2) is 17.4 Å². The summed E-state index contributed by atoms with van der Waals surface area (Å²) >= 11 is 1.74. The molecule has 5 heteroatoms. The molecule has 3 aromatic carbocycles. The maximum atomic E-state index is 13.1. The molecule has 0 aliphatic carbocycles. The Kier molecular flexibility index (Phi) is 4.51. The molecule has 0 bridgehead atoms. The maximum Gasteiger partial charge on any atom is 0.256 e. The van der Waals surface area contributed by atoms with Gasteiger partial charge in [0.05, 0.1) is 5.56 Å². The van der Waals surface area contributed by atoms with E-state index in [2.05, 4.69) is 76.2 Å². The summed E-state index contributed by atoms with van der Waals surface area (Å²) in [6, 6.07) is 25.3. The Morgan fingerprint density at radius 3 is 2.61 bits per heavy atom. The second-order valence-electron chi connectivity index (χ2n) is 8.31. The van der Waals surface area contributed by atoms with Gasteiger partial charge in [-0.3, -0.25) is 9.69 Å². The summed E-state index contributed by atoms with van der Waals surface area (Å²) in [6.45, 7) is 2.83. The summed E-state index contributed by atoms with van der Waals surface area (Å²) in [5.41, 5.74) is 4.50. The van der Waals surface area contributed by atoms with Gasteiger partial charge in [-0.05, 0) is 39.9 Å². The molecule has 0 unspecified atom stereocenters. The van der Waals surface area contributed by atoms with Gasteiger partial charge in [-0.15, -0.1) is 11.3 Å². The first-order valence-corrected chi connectivity index (χ1v) is 11.5. The van der Waals surface area contributed by atoms with Gasteiger partial charge in [-0.2, -0.15) is 0 Å². The van der Waals surface area contributed by atoms with E-state index in [1.54, 1.807) is 11.3 Å². The first kappa shape index (κ1) is 18.6. The molecular weight excluding hydrogens is 402 g/mol. The number of carbonyl (C=O) groups is 1. The summed E-state index contributed by atoms with van der Waals surface area (Å²) in [4.78, 5) is 16.9. The molecular formula is C26H23N3OS. The van der Waals surface area contributed by atoms with Gasteiger partial charge in [0.2, 0.25) is 0 Å². The van der Waals surface area contributed by atoms with Crippen molar-refractivity contribution in [3.8, 4) is 0 Å². The number of amides is 1. The molecule has 1 atom stereocenters. The minimum Gasteiger partial charge on any atom is -0.353 e. The molecule has 3 heterocycles. The lowest BCUT2D eigenvalue weighted by Gasteiger charge is -2.28. The number of hydrogen-bond donors (Lipinski definition) is 2. The van der Waals surface area contributed by atoms with Crippen molar-refractivity contribution in [2.24, 2.45) is 0 Å². The van der Waals surface area contributed by atoms with Crippen molar-refractivity contribution in [3.63, 3.8) is 0 Å². The van der Waals surface area contributed by atoms with E-state index in [1.165, 1.54) is 26.8 Å². The molecule has 4 nitrogen and oxygen atoms in total. The quantitative estimate of drug-likeness (QED) is 0.467. The molecule has 0 radical (unpaired) electrons. The zero-order valence-corrected chi connectivity index (χ0v) is 17.9. The Morgan fingerprint density at radius 1 is 0.935 bits per heavy atom. The highest BCUT2D eigenvalue weighted by atomic mass is 32.1. The first-order chi connectivity index (χ1) is 15.2. The Labute approximate surface area is 185 Å². The number of fused-ring (bicyclic) bond motifs is 4. The molecule has 0 saturated heterocycles. The smallest absolute Gasteiger partial charge is 0.256 e. The number of hydrogen-bond acceptors (Lipinski definition) is 4. The van der Waals surface area contributed by atoms with Crippen LogP contribution in [0.2, 0.25) is 0 Å². The average molecular weight is 426 g/mol.